The number of fused-ring (bicyclic) bond motifs is 1. The predicted octanol–water partition coefficient (Wildman–Crippen LogP) is 3.29. The van der Waals surface area contributed by atoms with Gasteiger partial charge in [0.2, 0.25) is 0 Å². The molecule has 2 aromatic rings. The Labute approximate surface area is 137 Å². The fourth-order valence-corrected chi connectivity index (χ4v) is 3.61. The lowest BCUT2D eigenvalue weighted by atomic mass is 10.0. The second kappa shape index (κ2) is 6.77. The maximum atomic E-state index is 10.4. The van der Waals surface area contributed by atoms with Crippen LogP contribution in [0, 0.1) is 0 Å². The van der Waals surface area contributed by atoms with Crippen LogP contribution in [0.3, 0.4) is 0 Å². The predicted molar refractivity (Wildman–Crippen MR) is 91.9 cm³/mol. The van der Waals surface area contributed by atoms with Crippen LogP contribution in [0.15, 0.2) is 30.3 Å². The summed E-state index contributed by atoms with van der Waals surface area (Å²) in [6, 6.07) is 10.0. The Bertz CT molecular complexity index is 684. The highest BCUT2D eigenvalue weighted by Crippen LogP contribution is 2.33. The van der Waals surface area contributed by atoms with E-state index in [0.29, 0.717) is 18.3 Å². The van der Waals surface area contributed by atoms with Gasteiger partial charge in [0, 0.05) is 18.2 Å². The van der Waals surface area contributed by atoms with Gasteiger partial charge in [-0.1, -0.05) is 12.1 Å². The van der Waals surface area contributed by atoms with Gasteiger partial charge in [0.05, 0.1) is 13.2 Å². The number of aliphatic hydroxyl groups excluding tert-OH is 1. The van der Waals surface area contributed by atoms with Crippen LogP contribution in [0.25, 0.3) is 10.8 Å². The third kappa shape index (κ3) is 3.43. The van der Waals surface area contributed by atoms with Gasteiger partial charge >= 0.3 is 0 Å². The van der Waals surface area contributed by atoms with Gasteiger partial charge < -0.3 is 14.9 Å². The molecule has 0 saturated carbocycles. The summed E-state index contributed by atoms with van der Waals surface area (Å²) in [7, 11) is 1.66. The summed E-state index contributed by atoms with van der Waals surface area (Å²) in [5.41, 5.74) is 0.943. The van der Waals surface area contributed by atoms with Gasteiger partial charge in [0.25, 0.3) is 0 Å². The molecular formula is C19H25NO3. The number of rotatable bonds is 5. The second-order valence-corrected chi connectivity index (χ2v) is 6.50. The summed E-state index contributed by atoms with van der Waals surface area (Å²) in [6.45, 7) is 3.56. The molecule has 0 radical (unpaired) electrons. The molecular weight excluding hydrogens is 290 g/mol. The van der Waals surface area contributed by atoms with E-state index in [1.54, 1.807) is 13.2 Å². The van der Waals surface area contributed by atoms with Gasteiger partial charge in [-0.2, -0.15) is 0 Å². The van der Waals surface area contributed by atoms with Crippen molar-refractivity contribution in [1.29, 1.82) is 0 Å². The first kappa shape index (κ1) is 16.1. The fraction of sp³-hybridized carbons (Fsp3) is 0.474. The molecule has 0 bridgehead atoms. The zero-order valence-electron chi connectivity index (χ0n) is 13.8. The molecule has 0 amide bonds. The Balaban J connectivity index is 1.93. The summed E-state index contributed by atoms with van der Waals surface area (Å²) < 4.78 is 5.33. The molecule has 1 aliphatic rings. The van der Waals surface area contributed by atoms with Gasteiger partial charge in [-0.05, 0) is 61.7 Å². The van der Waals surface area contributed by atoms with E-state index in [4.69, 9.17) is 4.74 Å². The smallest absolute Gasteiger partial charge is 0.120 e. The molecule has 1 fully saturated rings. The first-order valence-corrected chi connectivity index (χ1v) is 8.29. The van der Waals surface area contributed by atoms with E-state index in [2.05, 4.69) is 4.90 Å². The lowest BCUT2D eigenvalue weighted by Crippen LogP contribution is -2.31. The maximum Gasteiger partial charge on any atom is 0.120 e. The Morgan fingerprint density at radius 3 is 2.83 bits per heavy atom. The molecule has 3 rings (SSSR count). The van der Waals surface area contributed by atoms with Crippen LogP contribution >= 0.6 is 0 Å². The number of hydrogen-bond donors (Lipinski definition) is 2. The highest BCUT2D eigenvalue weighted by atomic mass is 16.5. The van der Waals surface area contributed by atoms with E-state index in [0.717, 1.165) is 47.9 Å². The normalized spacial score (nSPS) is 20.0. The molecule has 124 valence electrons. The van der Waals surface area contributed by atoms with Crippen molar-refractivity contribution >= 4 is 10.8 Å². The van der Waals surface area contributed by atoms with Gasteiger partial charge in [-0.3, -0.25) is 4.90 Å². The van der Waals surface area contributed by atoms with Crippen molar-refractivity contribution in [2.24, 2.45) is 0 Å². The molecule has 1 heterocycles. The van der Waals surface area contributed by atoms with Crippen molar-refractivity contribution in [3.05, 3.63) is 35.9 Å². The summed E-state index contributed by atoms with van der Waals surface area (Å²) in [5.74, 6) is 1.12. The average Bonchev–Trinajstić information content (AvgIpc) is 2.96. The van der Waals surface area contributed by atoms with E-state index < -0.39 is 0 Å². The molecule has 4 nitrogen and oxygen atoms in total. The lowest BCUT2D eigenvalue weighted by molar-refractivity contribution is 0.130. The number of aromatic hydroxyl groups is 1. The number of phenols is 1. The SMILES string of the molecule is COc1ccc2ccc(O)c(CN3CCCC3CC(C)O)c2c1. The topological polar surface area (TPSA) is 52.9 Å². The summed E-state index contributed by atoms with van der Waals surface area (Å²) >= 11 is 0. The average molecular weight is 315 g/mol. The van der Waals surface area contributed by atoms with Gasteiger partial charge in [0.1, 0.15) is 11.5 Å². The monoisotopic (exact) mass is 315 g/mol. The number of hydrogen-bond acceptors (Lipinski definition) is 4. The minimum atomic E-state index is -0.290. The number of ether oxygens (including phenoxy) is 1. The van der Waals surface area contributed by atoms with Crippen LogP contribution in [0.5, 0.6) is 11.5 Å². The van der Waals surface area contributed by atoms with Crippen molar-refractivity contribution in [2.75, 3.05) is 13.7 Å². The minimum absolute atomic E-state index is 0.290. The van der Waals surface area contributed by atoms with Gasteiger partial charge in [0.15, 0.2) is 0 Å². The Hall–Kier alpha value is -1.78. The minimum Gasteiger partial charge on any atom is -0.508 e. The fourth-order valence-electron chi connectivity index (χ4n) is 3.61. The first-order valence-electron chi connectivity index (χ1n) is 8.29. The van der Waals surface area contributed by atoms with E-state index in [1.165, 1.54) is 0 Å². The summed E-state index contributed by atoms with van der Waals surface area (Å²) in [4.78, 5) is 2.38. The van der Waals surface area contributed by atoms with Crippen molar-refractivity contribution in [2.45, 2.75) is 44.9 Å². The van der Waals surface area contributed by atoms with Gasteiger partial charge in [-0.25, -0.2) is 0 Å². The molecule has 2 unspecified atom stereocenters. The number of methoxy groups -OCH3 is 1. The molecule has 2 N–H and O–H groups in total. The number of aliphatic hydroxyl groups is 1. The largest absolute Gasteiger partial charge is 0.508 e. The number of likely N-dealkylation sites (tertiary alicyclic amines) is 1. The van der Waals surface area contributed by atoms with Crippen molar-refractivity contribution in [3.63, 3.8) is 0 Å². The second-order valence-electron chi connectivity index (χ2n) is 6.50. The molecule has 0 spiro atoms. The van der Waals surface area contributed by atoms with E-state index >= 15 is 0 Å². The number of benzene rings is 2. The summed E-state index contributed by atoms with van der Waals surface area (Å²) in [6.07, 6.45) is 2.75. The molecule has 2 atom stereocenters. The zero-order valence-corrected chi connectivity index (χ0v) is 13.8. The standard InChI is InChI=1S/C19H25NO3/c1-13(21)10-15-4-3-9-20(15)12-18-17-11-16(23-2)7-5-14(17)6-8-19(18)22/h5-8,11,13,15,21-22H,3-4,9-10,12H2,1-2H3. The van der Waals surface area contributed by atoms with Crippen LogP contribution in [0.2, 0.25) is 0 Å². The van der Waals surface area contributed by atoms with Crippen LogP contribution < -0.4 is 4.74 Å². The molecule has 2 aromatic carbocycles. The molecule has 1 aliphatic heterocycles. The van der Waals surface area contributed by atoms with Crippen LogP contribution in [-0.4, -0.2) is 40.9 Å². The van der Waals surface area contributed by atoms with Gasteiger partial charge in [-0.15, -0.1) is 0 Å². The Morgan fingerprint density at radius 1 is 1.30 bits per heavy atom. The molecule has 4 heteroatoms. The lowest BCUT2D eigenvalue weighted by Gasteiger charge is -2.26. The number of nitrogens with zero attached hydrogens (tertiary/aromatic N) is 1. The zero-order chi connectivity index (χ0) is 16.4. The van der Waals surface area contributed by atoms with E-state index in [1.807, 2.05) is 31.2 Å². The van der Waals surface area contributed by atoms with Crippen LogP contribution in [-0.2, 0) is 6.54 Å². The third-order valence-corrected chi connectivity index (χ3v) is 4.79. The highest BCUT2D eigenvalue weighted by Gasteiger charge is 2.26. The Kier molecular flexibility index (Phi) is 4.74. The van der Waals surface area contributed by atoms with Crippen molar-refractivity contribution < 1.29 is 14.9 Å². The molecule has 0 aromatic heterocycles. The summed E-state index contributed by atoms with van der Waals surface area (Å²) in [5, 5.41) is 22.2. The molecule has 0 aliphatic carbocycles. The van der Waals surface area contributed by atoms with E-state index in [9.17, 15) is 10.2 Å². The molecule has 1 saturated heterocycles. The van der Waals surface area contributed by atoms with Crippen LogP contribution in [0.1, 0.15) is 31.7 Å². The highest BCUT2D eigenvalue weighted by molar-refractivity contribution is 5.88. The van der Waals surface area contributed by atoms with Crippen LogP contribution in [0.4, 0.5) is 0 Å². The van der Waals surface area contributed by atoms with Crippen molar-refractivity contribution in [3.8, 4) is 11.5 Å². The van der Waals surface area contributed by atoms with Crippen molar-refractivity contribution in [1.82, 2.24) is 4.90 Å². The quantitative estimate of drug-likeness (QED) is 0.889. The maximum absolute atomic E-state index is 10.4. The number of phenolic OH excluding ortho intramolecular Hbond substituents is 1. The van der Waals surface area contributed by atoms with E-state index in [-0.39, 0.29) is 6.10 Å². The third-order valence-electron chi connectivity index (χ3n) is 4.79. The molecule has 23 heavy (non-hydrogen) atoms. The first-order chi connectivity index (χ1) is 11.1. The Morgan fingerprint density at radius 2 is 2.09 bits per heavy atom.